The number of nitrogens with zero attached hydrogens (tertiary/aromatic N) is 2. The van der Waals surface area contributed by atoms with Crippen LogP contribution in [0.4, 0.5) is 4.70 Å². The Morgan fingerprint density at radius 3 is 1.69 bits per heavy atom. The maximum Gasteiger partial charge on any atom is 1.00 e. The quantitative estimate of drug-likeness (QED) is 0.122. The number of rotatable bonds is 13. The first-order valence-electron chi connectivity index (χ1n) is 17.7. The van der Waals surface area contributed by atoms with Crippen molar-refractivity contribution in [2.45, 2.75) is 75.9 Å². The summed E-state index contributed by atoms with van der Waals surface area (Å²) in [5, 5.41) is 46.9. The van der Waals surface area contributed by atoms with Crippen LogP contribution in [0, 0.1) is 0 Å². The van der Waals surface area contributed by atoms with Gasteiger partial charge in [0, 0.05) is 33.1 Å². The van der Waals surface area contributed by atoms with Gasteiger partial charge in [0.05, 0.1) is 25.4 Å². The van der Waals surface area contributed by atoms with Crippen LogP contribution in [0.3, 0.4) is 0 Å². The van der Waals surface area contributed by atoms with E-state index in [9.17, 15) is 25.2 Å². The van der Waals surface area contributed by atoms with Gasteiger partial charge in [0.2, 0.25) is 5.91 Å². The van der Waals surface area contributed by atoms with Gasteiger partial charge in [0.15, 0.2) is 40.4 Å². The largest absolute Gasteiger partial charge is 1.00 e. The van der Waals surface area contributed by atoms with E-state index in [-0.39, 0.29) is 81.0 Å². The van der Waals surface area contributed by atoms with Crippen molar-refractivity contribution in [2.24, 2.45) is 0 Å². The Morgan fingerprint density at radius 1 is 0.750 bits per heavy atom. The van der Waals surface area contributed by atoms with Crippen LogP contribution in [0.25, 0.3) is 0 Å². The van der Waals surface area contributed by atoms with E-state index in [4.69, 9.17) is 18.9 Å². The molecule has 6 rings (SSSR count). The Bertz CT molecular complexity index is 1370. The molecule has 0 aromatic heterocycles. The van der Waals surface area contributed by atoms with Crippen molar-refractivity contribution >= 4 is 23.3 Å². The maximum atomic E-state index is 12.9. The van der Waals surface area contributed by atoms with E-state index in [1.54, 1.807) is 30.0 Å². The summed E-state index contributed by atoms with van der Waals surface area (Å²) in [4.78, 5) is 17.0. The third-order valence-corrected chi connectivity index (χ3v) is 9.36. The molecule has 0 aliphatic carbocycles. The third-order valence-electron chi connectivity index (χ3n) is 9.36. The van der Waals surface area contributed by atoms with Crippen molar-refractivity contribution in [3.05, 3.63) is 47.5 Å². The molecule has 0 radical (unpaired) electrons. The summed E-state index contributed by atoms with van der Waals surface area (Å²) >= 11 is 0. The minimum atomic E-state index is -1.04. The molecule has 2 unspecified atom stereocenters. The van der Waals surface area contributed by atoms with Crippen molar-refractivity contribution in [3.63, 3.8) is 0 Å². The normalized spacial score (nSPS) is 19.6. The number of fused-ring (bicyclic) bond motifs is 2. The van der Waals surface area contributed by atoms with Crippen molar-refractivity contribution < 1.29 is 70.6 Å². The van der Waals surface area contributed by atoms with E-state index in [0.717, 1.165) is 43.8 Å². The first-order chi connectivity index (χ1) is 23.8. The van der Waals surface area contributed by atoms with Crippen molar-refractivity contribution in [1.82, 2.24) is 20.4 Å². The predicted molar refractivity (Wildman–Crippen MR) is 199 cm³/mol. The van der Waals surface area contributed by atoms with Gasteiger partial charge in [-0.15, -0.1) is 0 Å². The van der Waals surface area contributed by atoms with Gasteiger partial charge in [0.1, 0.15) is 38.6 Å². The van der Waals surface area contributed by atoms with Crippen LogP contribution >= 0.6 is 0 Å². The number of hydrogen-bond acceptors (Lipinski definition) is 12. The fourth-order valence-corrected chi connectivity index (χ4v) is 6.61. The second kappa shape index (κ2) is 23.0. The zero-order valence-corrected chi connectivity index (χ0v) is 30.2. The maximum absolute atomic E-state index is 12.9. The summed E-state index contributed by atoms with van der Waals surface area (Å²) in [6.45, 7) is 10.0. The molecule has 6 N–H and O–H groups in total. The molecule has 6 atom stereocenters. The summed E-state index contributed by atoms with van der Waals surface area (Å²) in [5.74, 6) is 2.49. The van der Waals surface area contributed by atoms with Gasteiger partial charge in [-0.1, -0.05) is 12.1 Å². The molecule has 2 fully saturated rings. The number of aliphatic hydroxyl groups excluding tert-OH is 4. The van der Waals surface area contributed by atoms with Crippen LogP contribution in [0.2, 0.25) is 0 Å². The first-order valence-corrected chi connectivity index (χ1v) is 17.7. The second-order valence-electron chi connectivity index (χ2n) is 13.3. The van der Waals surface area contributed by atoms with Crippen molar-refractivity contribution in [3.8, 4) is 23.0 Å². The monoisotopic (exact) mass is 748 g/mol. The number of nitrogens with one attached hydrogen (secondary N) is 2. The molecule has 4 heterocycles. The number of ether oxygens (including phenoxy) is 4. The molecule has 52 heavy (non-hydrogen) atoms. The van der Waals surface area contributed by atoms with Gasteiger partial charge >= 0.3 is 18.9 Å². The first kappa shape index (κ1) is 46.0. The Kier molecular flexibility index (Phi) is 20.3. The predicted octanol–water partition coefficient (Wildman–Crippen LogP) is -2.29. The summed E-state index contributed by atoms with van der Waals surface area (Å²) in [7, 11) is 0. The zero-order chi connectivity index (χ0) is 34.8. The van der Waals surface area contributed by atoms with Gasteiger partial charge in [-0.3, -0.25) is 14.8 Å². The number of benzene rings is 2. The van der Waals surface area contributed by atoms with Gasteiger partial charge in [-0.2, -0.15) is 0 Å². The van der Waals surface area contributed by atoms with E-state index in [1.807, 2.05) is 25.1 Å². The van der Waals surface area contributed by atoms with E-state index in [1.165, 1.54) is 12.8 Å². The van der Waals surface area contributed by atoms with Crippen LogP contribution in [0.1, 0.15) is 65.7 Å². The van der Waals surface area contributed by atoms with Gasteiger partial charge < -0.3 is 55.9 Å². The van der Waals surface area contributed by atoms with Crippen LogP contribution in [0.5, 0.6) is 23.0 Å². The number of carbonyl (C=O) groups is 1. The molecule has 13 nitrogen and oxygen atoms in total. The van der Waals surface area contributed by atoms with Gasteiger partial charge in [-0.05, 0) is 88.0 Å². The molecule has 1 amide bonds. The zero-order valence-electron chi connectivity index (χ0n) is 31.2. The molecular weight excluding hydrogens is 685 g/mol. The summed E-state index contributed by atoms with van der Waals surface area (Å²) in [5.41, 5.74) is 1.39. The fraction of sp³-hybridized carbons (Fsp3) is 0.639. The molecule has 16 heteroatoms. The molecule has 2 aromatic carbocycles. The Labute approximate surface area is 332 Å². The minimum absolute atomic E-state index is 0. The van der Waals surface area contributed by atoms with Crippen molar-refractivity contribution in [2.75, 3.05) is 72.4 Å². The molecule has 0 bridgehead atoms. The number of carbonyl (C=O) groups excluding carboxylic acids is 1. The molecule has 290 valence electrons. The van der Waals surface area contributed by atoms with Crippen LogP contribution in [-0.4, -0.2) is 150 Å². The molecule has 4 aliphatic rings. The SMILES string of the molecule is CC(CO)N[C@H](C(=O)N1CCCC1)[C@H](O)c1ccc2c(c1)OCCO2.CC(CO)N[C@H](CN1CCCC1)[C@H](O)c1ccc2c(c1)OCCO2.F.[3HH].[AlH3].[H-].[Li+]. The summed E-state index contributed by atoms with van der Waals surface area (Å²) in [6.07, 6.45) is 2.67. The number of amides is 1. The minimum Gasteiger partial charge on any atom is -1.00 e. The summed E-state index contributed by atoms with van der Waals surface area (Å²) < 4.78 is 22.2. The fourth-order valence-electron chi connectivity index (χ4n) is 6.61. The molecule has 0 spiro atoms. The number of likely N-dealkylation sites (tertiary alicyclic amines) is 2. The standard InChI is InChI=1S/C18H26N2O5.C18H28N2O4.Al.FH.Li.H2.4H/c1-12(11-21)19-16(18(23)20-6-2-3-7-20)17(22)13-4-5-14-15(10-13)25-9-8-24-14;1-13(12-21)19-15(11-20-6-2-3-7-20)18(22)14-4-5-16-17(10-14)24-9-8-23-16;;;;;;;;/h4-5,10,12,16-17,19,21-22H,2-3,6-9,11H2,1H3;4-5,10,13,15,18-19,21-22H,2-3,6-9,11-12H2,1H3;;1H;;1H;;;;/q;;;;+1;;;;;-1/t12?,16-,17+;13?,15-,18-;;;;;;;;/m01......../s1/i;;;;;1+2;;;;. The number of hydrogen-bond donors (Lipinski definition) is 6. The molecule has 4 aliphatic heterocycles. The Morgan fingerprint density at radius 2 is 1.19 bits per heavy atom. The Hall–Kier alpha value is -2.11. The van der Waals surface area contributed by atoms with E-state index < -0.39 is 18.2 Å². The van der Waals surface area contributed by atoms with Crippen molar-refractivity contribution in [1.29, 1.82) is 0 Å². The van der Waals surface area contributed by atoms with E-state index in [0.29, 0.717) is 62.3 Å². The van der Waals surface area contributed by atoms with Crippen LogP contribution in [0.15, 0.2) is 36.4 Å². The molecule has 2 saturated heterocycles. The van der Waals surface area contributed by atoms with E-state index in [2.05, 4.69) is 15.5 Å². The number of aliphatic hydroxyl groups is 4. The molecular formula is C36H61AlFLiN4O9. The molecule has 2 aromatic rings. The number of halogens is 1. The topological polar surface area (TPSA) is 165 Å². The average Bonchev–Trinajstić information content (AvgIpc) is 3.88. The summed E-state index contributed by atoms with van der Waals surface area (Å²) in [6, 6.07) is 9.49. The molecule has 0 saturated carbocycles. The average molecular weight is 749 g/mol. The van der Waals surface area contributed by atoms with Crippen LogP contribution < -0.4 is 48.4 Å². The van der Waals surface area contributed by atoms with Gasteiger partial charge in [-0.25, -0.2) is 0 Å². The van der Waals surface area contributed by atoms with E-state index >= 15 is 0 Å². The van der Waals surface area contributed by atoms with Gasteiger partial charge in [0.25, 0.3) is 0 Å². The third kappa shape index (κ3) is 12.5. The Balaban J connectivity index is 0.000000953. The van der Waals surface area contributed by atoms with Crippen LogP contribution in [-0.2, 0) is 4.79 Å². The second-order valence-corrected chi connectivity index (χ2v) is 13.3. The smallest absolute Gasteiger partial charge is 1.00 e.